The Balaban J connectivity index is 2.14. The standard InChI is InChI=1S/C18H17NO2/c1-4-14-7-5-9-16(11-14)19-18(20)15-8-6-10-17(12-15)21-13(2)3/h1,5-13H,2-3H3,(H,19,20). The van der Waals surface area contributed by atoms with Gasteiger partial charge in [-0.1, -0.05) is 18.1 Å². The average molecular weight is 279 g/mol. The first-order valence-corrected chi connectivity index (χ1v) is 6.73. The number of rotatable bonds is 4. The van der Waals surface area contributed by atoms with Gasteiger partial charge in [0.2, 0.25) is 0 Å². The van der Waals surface area contributed by atoms with Gasteiger partial charge in [-0.3, -0.25) is 4.79 Å². The largest absolute Gasteiger partial charge is 0.491 e. The first kappa shape index (κ1) is 14.7. The van der Waals surface area contributed by atoms with Crippen LogP contribution < -0.4 is 10.1 Å². The zero-order valence-electron chi connectivity index (χ0n) is 12.1. The highest BCUT2D eigenvalue weighted by Gasteiger charge is 2.08. The Kier molecular flexibility index (Phi) is 4.63. The molecule has 21 heavy (non-hydrogen) atoms. The number of ether oxygens (including phenoxy) is 1. The average Bonchev–Trinajstić information content (AvgIpc) is 2.47. The van der Waals surface area contributed by atoms with Crippen LogP contribution in [0, 0.1) is 12.3 Å². The molecule has 0 atom stereocenters. The van der Waals surface area contributed by atoms with Crippen molar-refractivity contribution in [3.05, 3.63) is 59.7 Å². The summed E-state index contributed by atoms with van der Waals surface area (Å²) in [5.41, 5.74) is 1.94. The van der Waals surface area contributed by atoms with Gasteiger partial charge in [-0.25, -0.2) is 0 Å². The fraction of sp³-hybridized carbons (Fsp3) is 0.167. The molecule has 2 aromatic rings. The molecule has 3 nitrogen and oxygen atoms in total. The maximum Gasteiger partial charge on any atom is 0.255 e. The number of anilines is 1. The molecule has 0 radical (unpaired) electrons. The van der Waals surface area contributed by atoms with Gasteiger partial charge in [-0.15, -0.1) is 6.42 Å². The van der Waals surface area contributed by atoms with E-state index in [1.807, 2.05) is 32.0 Å². The van der Waals surface area contributed by atoms with E-state index in [9.17, 15) is 4.79 Å². The molecular weight excluding hydrogens is 262 g/mol. The Morgan fingerprint density at radius 2 is 1.95 bits per heavy atom. The van der Waals surface area contributed by atoms with Crippen LogP contribution in [0.2, 0.25) is 0 Å². The lowest BCUT2D eigenvalue weighted by atomic mass is 10.1. The number of carbonyl (C=O) groups is 1. The van der Waals surface area contributed by atoms with Gasteiger partial charge in [0.05, 0.1) is 6.10 Å². The van der Waals surface area contributed by atoms with Crippen LogP contribution in [0.5, 0.6) is 5.75 Å². The Morgan fingerprint density at radius 1 is 1.19 bits per heavy atom. The summed E-state index contributed by atoms with van der Waals surface area (Å²) in [6.45, 7) is 3.89. The fourth-order valence-corrected chi connectivity index (χ4v) is 1.87. The Bertz CT molecular complexity index is 684. The van der Waals surface area contributed by atoms with Crippen LogP contribution in [0.3, 0.4) is 0 Å². The molecule has 0 spiro atoms. The third-order valence-electron chi connectivity index (χ3n) is 2.76. The van der Waals surface area contributed by atoms with Crippen LogP contribution in [-0.2, 0) is 0 Å². The van der Waals surface area contributed by atoms with Gasteiger partial charge in [0, 0.05) is 16.8 Å². The number of terminal acetylenes is 1. The number of hydrogen-bond donors (Lipinski definition) is 1. The molecule has 0 aliphatic heterocycles. The van der Waals surface area contributed by atoms with Crippen molar-refractivity contribution >= 4 is 11.6 Å². The highest BCUT2D eigenvalue weighted by atomic mass is 16.5. The highest BCUT2D eigenvalue weighted by Crippen LogP contribution is 2.17. The first-order valence-electron chi connectivity index (χ1n) is 6.73. The third kappa shape index (κ3) is 4.12. The molecule has 0 saturated carbocycles. The molecule has 0 heterocycles. The lowest BCUT2D eigenvalue weighted by Gasteiger charge is -2.11. The van der Waals surface area contributed by atoms with E-state index < -0.39 is 0 Å². The molecule has 2 rings (SSSR count). The van der Waals surface area contributed by atoms with Gasteiger partial charge >= 0.3 is 0 Å². The van der Waals surface area contributed by atoms with Crippen molar-refractivity contribution in [1.29, 1.82) is 0 Å². The third-order valence-corrected chi connectivity index (χ3v) is 2.76. The second-order valence-electron chi connectivity index (χ2n) is 4.87. The van der Waals surface area contributed by atoms with Gasteiger partial charge in [0.25, 0.3) is 5.91 Å². The summed E-state index contributed by atoms with van der Waals surface area (Å²) in [7, 11) is 0. The molecule has 2 aromatic carbocycles. The van der Waals surface area contributed by atoms with Crippen LogP contribution in [0.15, 0.2) is 48.5 Å². The van der Waals surface area contributed by atoms with Crippen LogP contribution in [-0.4, -0.2) is 12.0 Å². The fourth-order valence-electron chi connectivity index (χ4n) is 1.87. The summed E-state index contributed by atoms with van der Waals surface area (Å²) in [5.74, 6) is 3.02. The molecule has 0 aliphatic carbocycles. The minimum absolute atomic E-state index is 0.0654. The molecule has 0 bridgehead atoms. The topological polar surface area (TPSA) is 38.3 Å². The second-order valence-corrected chi connectivity index (χ2v) is 4.87. The molecule has 0 fully saturated rings. The van der Waals surface area contributed by atoms with Crippen molar-refractivity contribution in [3.63, 3.8) is 0 Å². The predicted octanol–water partition coefficient (Wildman–Crippen LogP) is 3.71. The van der Waals surface area contributed by atoms with E-state index in [0.29, 0.717) is 17.0 Å². The lowest BCUT2D eigenvalue weighted by molar-refractivity contribution is 0.102. The van der Waals surface area contributed by atoms with Crippen LogP contribution >= 0.6 is 0 Å². The summed E-state index contributed by atoms with van der Waals surface area (Å²) in [6.07, 6.45) is 5.41. The lowest BCUT2D eigenvalue weighted by Crippen LogP contribution is -2.12. The van der Waals surface area contributed by atoms with E-state index in [1.54, 1.807) is 30.3 Å². The van der Waals surface area contributed by atoms with Crippen molar-refractivity contribution in [3.8, 4) is 18.1 Å². The Hall–Kier alpha value is -2.73. The van der Waals surface area contributed by atoms with Gasteiger partial charge in [0.15, 0.2) is 0 Å². The van der Waals surface area contributed by atoms with Crippen molar-refractivity contribution in [2.24, 2.45) is 0 Å². The minimum atomic E-state index is -0.196. The maximum atomic E-state index is 12.2. The number of amides is 1. The van der Waals surface area contributed by atoms with E-state index in [1.165, 1.54) is 0 Å². The molecule has 3 heteroatoms. The number of hydrogen-bond acceptors (Lipinski definition) is 2. The van der Waals surface area contributed by atoms with E-state index in [2.05, 4.69) is 11.2 Å². The summed E-state index contributed by atoms with van der Waals surface area (Å²) < 4.78 is 5.59. The molecule has 0 aromatic heterocycles. The summed E-state index contributed by atoms with van der Waals surface area (Å²) in [6, 6.07) is 14.3. The Morgan fingerprint density at radius 3 is 2.67 bits per heavy atom. The quantitative estimate of drug-likeness (QED) is 0.866. The number of carbonyl (C=O) groups excluding carboxylic acids is 1. The SMILES string of the molecule is C#Cc1cccc(NC(=O)c2cccc(OC(C)C)c2)c1. The van der Waals surface area contributed by atoms with Gasteiger partial charge in [-0.05, 0) is 50.2 Å². The molecule has 106 valence electrons. The van der Waals surface area contributed by atoms with E-state index in [-0.39, 0.29) is 12.0 Å². The molecule has 0 saturated heterocycles. The minimum Gasteiger partial charge on any atom is -0.491 e. The zero-order valence-corrected chi connectivity index (χ0v) is 12.1. The van der Waals surface area contributed by atoms with Gasteiger partial charge in [-0.2, -0.15) is 0 Å². The maximum absolute atomic E-state index is 12.2. The molecule has 0 unspecified atom stereocenters. The number of nitrogens with one attached hydrogen (secondary N) is 1. The smallest absolute Gasteiger partial charge is 0.255 e. The van der Waals surface area contributed by atoms with E-state index >= 15 is 0 Å². The van der Waals surface area contributed by atoms with Gasteiger partial charge in [0.1, 0.15) is 5.75 Å². The van der Waals surface area contributed by atoms with Gasteiger partial charge < -0.3 is 10.1 Å². The zero-order chi connectivity index (χ0) is 15.2. The van der Waals surface area contributed by atoms with Crippen molar-refractivity contribution < 1.29 is 9.53 Å². The normalized spacial score (nSPS) is 10.0. The van der Waals surface area contributed by atoms with Crippen molar-refractivity contribution in [2.75, 3.05) is 5.32 Å². The van der Waals surface area contributed by atoms with Crippen molar-refractivity contribution in [1.82, 2.24) is 0 Å². The second kappa shape index (κ2) is 6.62. The molecule has 1 N–H and O–H groups in total. The van der Waals surface area contributed by atoms with Crippen molar-refractivity contribution in [2.45, 2.75) is 20.0 Å². The predicted molar refractivity (Wildman–Crippen MR) is 84.5 cm³/mol. The number of benzene rings is 2. The first-order chi connectivity index (χ1) is 10.1. The molecule has 0 aliphatic rings. The highest BCUT2D eigenvalue weighted by molar-refractivity contribution is 6.04. The van der Waals surface area contributed by atoms with Crippen LogP contribution in [0.25, 0.3) is 0 Å². The summed E-state index contributed by atoms with van der Waals surface area (Å²) in [4.78, 5) is 12.2. The van der Waals surface area contributed by atoms with E-state index in [0.717, 1.165) is 5.56 Å². The monoisotopic (exact) mass is 279 g/mol. The molecule has 1 amide bonds. The summed E-state index contributed by atoms with van der Waals surface area (Å²) >= 11 is 0. The summed E-state index contributed by atoms with van der Waals surface area (Å²) in [5, 5.41) is 2.82. The molecular formula is C18H17NO2. The van der Waals surface area contributed by atoms with Crippen LogP contribution in [0.1, 0.15) is 29.8 Å². The van der Waals surface area contributed by atoms with Crippen LogP contribution in [0.4, 0.5) is 5.69 Å². The Labute approximate surface area is 125 Å². The van der Waals surface area contributed by atoms with E-state index in [4.69, 9.17) is 11.2 Å².